The van der Waals surface area contributed by atoms with Crippen LogP contribution in [0, 0.1) is 0 Å². The minimum Gasteiger partial charge on any atom is -0.256 e. The maximum absolute atomic E-state index is 6.18. The van der Waals surface area contributed by atoms with Crippen molar-refractivity contribution in [3.63, 3.8) is 0 Å². The van der Waals surface area contributed by atoms with Crippen molar-refractivity contribution in [3.05, 3.63) is 89.2 Å². The summed E-state index contributed by atoms with van der Waals surface area (Å²) in [5, 5.41) is 0.742. The van der Waals surface area contributed by atoms with E-state index in [9.17, 15) is 0 Å². The van der Waals surface area contributed by atoms with Crippen molar-refractivity contribution in [3.8, 4) is 11.1 Å². The van der Waals surface area contributed by atoms with E-state index in [1.54, 1.807) is 6.20 Å². The number of pyridine rings is 1. The zero-order valence-electron chi connectivity index (χ0n) is 11.4. The molecule has 0 N–H and O–H groups in total. The number of hydrogen-bond acceptors (Lipinski definition) is 1. The number of benzene rings is 2. The largest absolute Gasteiger partial charge is 0.256 e. The molecule has 0 fully saturated rings. The predicted octanol–water partition coefficient (Wildman–Crippen LogP) is 5.57. The molecule has 3 rings (SSSR count). The first-order valence-corrected chi connectivity index (χ1v) is 7.15. The highest BCUT2D eigenvalue weighted by molar-refractivity contribution is 6.32. The Kier molecular flexibility index (Phi) is 4.13. The fraction of sp³-hybridized carbons (Fsp3) is 0. The van der Waals surface area contributed by atoms with Gasteiger partial charge in [-0.05, 0) is 29.3 Å². The fourth-order valence-corrected chi connectivity index (χ4v) is 2.39. The van der Waals surface area contributed by atoms with Gasteiger partial charge >= 0.3 is 0 Å². The van der Waals surface area contributed by atoms with Crippen LogP contribution in [0.4, 0.5) is 0 Å². The van der Waals surface area contributed by atoms with Crippen LogP contribution >= 0.6 is 11.6 Å². The minimum atomic E-state index is 0.742. The molecule has 2 aromatic carbocycles. The third-order valence-electron chi connectivity index (χ3n) is 3.25. The van der Waals surface area contributed by atoms with E-state index in [-0.39, 0.29) is 0 Å². The van der Waals surface area contributed by atoms with Crippen molar-refractivity contribution in [2.45, 2.75) is 0 Å². The summed E-state index contributed by atoms with van der Waals surface area (Å²) in [5.41, 5.74) is 4.19. The standard InChI is InChI=1S/C19H14ClN/c20-18-11-5-4-9-16(18)12-13-19-17(10-6-14-21-19)15-7-2-1-3-8-15/h1-14H/b13-12+. The molecular formula is C19H14ClN. The number of aromatic nitrogens is 1. The average Bonchev–Trinajstić information content (AvgIpc) is 2.55. The number of halogens is 1. The van der Waals surface area contributed by atoms with Gasteiger partial charge in [0.25, 0.3) is 0 Å². The fourth-order valence-electron chi connectivity index (χ4n) is 2.19. The molecule has 0 radical (unpaired) electrons. The molecule has 0 saturated carbocycles. The van der Waals surface area contributed by atoms with Gasteiger partial charge in [-0.1, -0.05) is 72.3 Å². The second-order valence-corrected chi connectivity index (χ2v) is 5.06. The summed E-state index contributed by atoms with van der Waals surface area (Å²) in [5.74, 6) is 0. The molecule has 2 heteroatoms. The summed E-state index contributed by atoms with van der Waals surface area (Å²) in [7, 11) is 0. The van der Waals surface area contributed by atoms with Gasteiger partial charge in [0.2, 0.25) is 0 Å². The van der Waals surface area contributed by atoms with Crippen molar-refractivity contribution in [2.24, 2.45) is 0 Å². The van der Waals surface area contributed by atoms with Gasteiger partial charge in [0.15, 0.2) is 0 Å². The van der Waals surface area contributed by atoms with Crippen LogP contribution in [0.2, 0.25) is 5.02 Å². The Morgan fingerprint density at radius 3 is 2.33 bits per heavy atom. The molecule has 0 aliphatic heterocycles. The first-order valence-electron chi connectivity index (χ1n) is 6.77. The van der Waals surface area contributed by atoms with Gasteiger partial charge in [-0.2, -0.15) is 0 Å². The summed E-state index contributed by atoms with van der Waals surface area (Å²) in [6.45, 7) is 0. The van der Waals surface area contributed by atoms with E-state index in [1.807, 2.05) is 60.7 Å². The van der Waals surface area contributed by atoms with Crippen molar-refractivity contribution in [1.29, 1.82) is 0 Å². The second kappa shape index (κ2) is 6.38. The van der Waals surface area contributed by atoms with Crippen molar-refractivity contribution in [2.75, 3.05) is 0 Å². The smallest absolute Gasteiger partial charge is 0.0708 e. The molecule has 1 heterocycles. The second-order valence-electron chi connectivity index (χ2n) is 4.66. The third-order valence-corrected chi connectivity index (χ3v) is 3.59. The highest BCUT2D eigenvalue weighted by Crippen LogP contribution is 2.24. The van der Waals surface area contributed by atoms with Gasteiger partial charge in [0.1, 0.15) is 0 Å². The Morgan fingerprint density at radius 2 is 1.52 bits per heavy atom. The molecule has 1 aromatic heterocycles. The van der Waals surface area contributed by atoms with Crippen LogP contribution in [0.3, 0.4) is 0 Å². The lowest BCUT2D eigenvalue weighted by Gasteiger charge is -2.05. The molecular weight excluding hydrogens is 278 g/mol. The van der Waals surface area contributed by atoms with Gasteiger partial charge in [0.05, 0.1) is 5.69 Å². The lowest BCUT2D eigenvalue weighted by Crippen LogP contribution is -1.86. The Bertz CT molecular complexity index is 763. The van der Waals surface area contributed by atoms with Crippen LogP contribution in [0.25, 0.3) is 23.3 Å². The van der Waals surface area contributed by atoms with Gasteiger partial charge in [-0.15, -0.1) is 0 Å². The topological polar surface area (TPSA) is 12.9 Å². The van der Waals surface area contributed by atoms with Crippen molar-refractivity contribution < 1.29 is 0 Å². The van der Waals surface area contributed by atoms with Crippen LogP contribution < -0.4 is 0 Å². The lowest BCUT2D eigenvalue weighted by molar-refractivity contribution is 1.30. The molecule has 0 bridgehead atoms. The number of nitrogens with zero attached hydrogens (tertiary/aromatic N) is 1. The van der Waals surface area contributed by atoms with Crippen LogP contribution in [0.1, 0.15) is 11.3 Å². The van der Waals surface area contributed by atoms with Gasteiger partial charge in [-0.3, -0.25) is 4.98 Å². The molecule has 0 aliphatic carbocycles. The number of rotatable bonds is 3. The zero-order chi connectivity index (χ0) is 14.5. The molecule has 0 atom stereocenters. The first-order chi connectivity index (χ1) is 10.3. The molecule has 0 aliphatic rings. The van der Waals surface area contributed by atoms with Crippen LogP contribution in [-0.2, 0) is 0 Å². The third kappa shape index (κ3) is 3.21. The Morgan fingerprint density at radius 1 is 0.762 bits per heavy atom. The summed E-state index contributed by atoms with van der Waals surface area (Å²) in [6, 6.07) is 22.1. The Labute approximate surface area is 129 Å². The maximum Gasteiger partial charge on any atom is 0.0708 e. The Balaban J connectivity index is 1.99. The molecule has 0 amide bonds. The normalized spacial score (nSPS) is 10.9. The van der Waals surface area contributed by atoms with E-state index in [4.69, 9.17) is 11.6 Å². The van der Waals surface area contributed by atoms with Crippen LogP contribution in [0.15, 0.2) is 72.9 Å². The van der Waals surface area contributed by atoms with Crippen LogP contribution in [0.5, 0.6) is 0 Å². The number of hydrogen-bond donors (Lipinski definition) is 0. The average molecular weight is 292 g/mol. The van der Waals surface area contributed by atoms with E-state index in [2.05, 4.69) is 23.2 Å². The quantitative estimate of drug-likeness (QED) is 0.614. The summed E-state index contributed by atoms with van der Waals surface area (Å²) in [6.07, 6.45) is 5.80. The van der Waals surface area contributed by atoms with E-state index in [0.29, 0.717) is 0 Å². The molecule has 3 aromatic rings. The van der Waals surface area contributed by atoms with E-state index < -0.39 is 0 Å². The van der Waals surface area contributed by atoms with Crippen molar-refractivity contribution in [1.82, 2.24) is 4.98 Å². The van der Waals surface area contributed by atoms with Gasteiger partial charge in [-0.25, -0.2) is 0 Å². The predicted molar refractivity (Wildman–Crippen MR) is 90.1 cm³/mol. The minimum absolute atomic E-state index is 0.742. The van der Waals surface area contributed by atoms with Gasteiger partial charge in [0, 0.05) is 16.8 Å². The summed E-state index contributed by atoms with van der Waals surface area (Å²) >= 11 is 6.18. The van der Waals surface area contributed by atoms with Crippen molar-refractivity contribution >= 4 is 23.8 Å². The summed E-state index contributed by atoms with van der Waals surface area (Å²) < 4.78 is 0. The molecule has 0 spiro atoms. The van der Waals surface area contributed by atoms with E-state index >= 15 is 0 Å². The van der Waals surface area contributed by atoms with Gasteiger partial charge < -0.3 is 0 Å². The molecule has 1 nitrogen and oxygen atoms in total. The molecule has 0 unspecified atom stereocenters. The van der Waals surface area contributed by atoms with E-state index in [0.717, 1.165) is 27.4 Å². The molecule has 0 saturated heterocycles. The zero-order valence-corrected chi connectivity index (χ0v) is 12.2. The molecule has 21 heavy (non-hydrogen) atoms. The SMILES string of the molecule is Clc1ccccc1/C=C/c1ncccc1-c1ccccc1. The highest BCUT2D eigenvalue weighted by Gasteiger charge is 2.03. The lowest BCUT2D eigenvalue weighted by atomic mass is 10.0. The highest BCUT2D eigenvalue weighted by atomic mass is 35.5. The summed E-state index contributed by atoms with van der Waals surface area (Å²) in [4.78, 5) is 4.47. The maximum atomic E-state index is 6.18. The van der Waals surface area contributed by atoms with E-state index in [1.165, 1.54) is 0 Å². The molecule has 102 valence electrons. The monoisotopic (exact) mass is 291 g/mol. The first kappa shape index (κ1) is 13.6. The Hall–Kier alpha value is -2.38. The van der Waals surface area contributed by atoms with Crippen LogP contribution in [-0.4, -0.2) is 4.98 Å².